The standard InChI is InChI=1S/C19H19BrN2O2/c1-13-10-16(7-8-17(13)22-9-3-6-19(22)24)21-18(23)12-14-4-2-5-15(20)11-14/h2,4-5,7-8,10-11H,3,6,9,12H2,1H3,(H,21,23). The molecule has 4 nitrogen and oxygen atoms in total. The highest BCUT2D eigenvalue weighted by atomic mass is 79.9. The van der Waals surface area contributed by atoms with Gasteiger partial charge in [-0.3, -0.25) is 9.59 Å². The van der Waals surface area contributed by atoms with Crippen LogP contribution in [-0.2, 0) is 16.0 Å². The van der Waals surface area contributed by atoms with Crippen molar-refractivity contribution in [2.45, 2.75) is 26.2 Å². The molecular formula is C19H19BrN2O2. The average Bonchev–Trinajstić information content (AvgIpc) is 2.93. The van der Waals surface area contributed by atoms with Crippen molar-refractivity contribution < 1.29 is 9.59 Å². The number of hydrogen-bond donors (Lipinski definition) is 1. The SMILES string of the molecule is Cc1cc(NC(=O)Cc2cccc(Br)c2)ccc1N1CCCC1=O. The number of hydrogen-bond acceptors (Lipinski definition) is 2. The maximum Gasteiger partial charge on any atom is 0.228 e. The van der Waals surface area contributed by atoms with Crippen LogP contribution in [0.4, 0.5) is 11.4 Å². The maximum atomic E-state index is 12.2. The second kappa shape index (κ2) is 7.18. The van der Waals surface area contributed by atoms with Gasteiger partial charge >= 0.3 is 0 Å². The number of carbonyl (C=O) groups excluding carboxylic acids is 2. The zero-order chi connectivity index (χ0) is 17.1. The molecule has 0 bridgehead atoms. The Kier molecular flexibility index (Phi) is 5.00. The van der Waals surface area contributed by atoms with Gasteiger partial charge in [-0.2, -0.15) is 0 Å². The van der Waals surface area contributed by atoms with E-state index in [-0.39, 0.29) is 11.8 Å². The van der Waals surface area contributed by atoms with Crippen LogP contribution < -0.4 is 10.2 Å². The molecule has 1 aliphatic heterocycles. The summed E-state index contributed by atoms with van der Waals surface area (Å²) in [4.78, 5) is 25.9. The smallest absolute Gasteiger partial charge is 0.228 e. The van der Waals surface area contributed by atoms with Crippen LogP contribution in [0, 0.1) is 6.92 Å². The third kappa shape index (κ3) is 3.85. The van der Waals surface area contributed by atoms with Crippen LogP contribution in [0.2, 0.25) is 0 Å². The summed E-state index contributed by atoms with van der Waals surface area (Å²) in [5.74, 6) is 0.113. The number of amides is 2. The number of carbonyl (C=O) groups is 2. The Morgan fingerprint density at radius 2 is 2.08 bits per heavy atom. The van der Waals surface area contributed by atoms with E-state index < -0.39 is 0 Å². The fourth-order valence-electron chi connectivity index (χ4n) is 2.98. The first-order valence-electron chi connectivity index (χ1n) is 7.98. The summed E-state index contributed by atoms with van der Waals surface area (Å²) in [5.41, 5.74) is 3.63. The molecule has 0 aliphatic carbocycles. The quantitative estimate of drug-likeness (QED) is 0.860. The highest BCUT2D eigenvalue weighted by Gasteiger charge is 2.23. The molecular weight excluding hydrogens is 368 g/mol. The van der Waals surface area contributed by atoms with Crippen molar-refractivity contribution in [2.24, 2.45) is 0 Å². The minimum Gasteiger partial charge on any atom is -0.326 e. The highest BCUT2D eigenvalue weighted by Crippen LogP contribution is 2.27. The van der Waals surface area contributed by atoms with Crippen LogP contribution >= 0.6 is 15.9 Å². The minimum atomic E-state index is -0.0579. The second-order valence-electron chi connectivity index (χ2n) is 6.01. The lowest BCUT2D eigenvalue weighted by molar-refractivity contribution is -0.117. The van der Waals surface area contributed by atoms with E-state index in [2.05, 4.69) is 21.2 Å². The first kappa shape index (κ1) is 16.7. The summed E-state index contributed by atoms with van der Waals surface area (Å²) >= 11 is 3.41. The van der Waals surface area contributed by atoms with Crippen molar-refractivity contribution in [3.05, 3.63) is 58.1 Å². The molecule has 1 heterocycles. The molecule has 1 N–H and O–H groups in total. The molecule has 124 valence electrons. The number of nitrogens with one attached hydrogen (secondary N) is 1. The van der Waals surface area contributed by atoms with E-state index in [0.717, 1.165) is 39.9 Å². The second-order valence-corrected chi connectivity index (χ2v) is 6.92. The van der Waals surface area contributed by atoms with Gasteiger partial charge in [0, 0.05) is 28.8 Å². The predicted molar refractivity (Wildman–Crippen MR) is 99.2 cm³/mol. The van der Waals surface area contributed by atoms with Crippen LogP contribution in [0.5, 0.6) is 0 Å². The first-order valence-corrected chi connectivity index (χ1v) is 8.77. The summed E-state index contributed by atoms with van der Waals surface area (Å²) in [6.07, 6.45) is 1.85. The van der Waals surface area contributed by atoms with Gasteiger partial charge in [0.05, 0.1) is 6.42 Å². The maximum absolute atomic E-state index is 12.2. The van der Waals surface area contributed by atoms with E-state index in [9.17, 15) is 9.59 Å². The summed E-state index contributed by atoms with van der Waals surface area (Å²) in [6.45, 7) is 2.74. The van der Waals surface area contributed by atoms with Gasteiger partial charge < -0.3 is 10.2 Å². The number of nitrogens with zero attached hydrogens (tertiary/aromatic N) is 1. The van der Waals surface area contributed by atoms with Gasteiger partial charge in [-0.25, -0.2) is 0 Å². The lowest BCUT2D eigenvalue weighted by Gasteiger charge is -2.19. The van der Waals surface area contributed by atoms with E-state index in [1.165, 1.54) is 0 Å². The molecule has 0 saturated carbocycles. The van der Waals surface area contributed by atoms with Crippen LogP contribution in [0.1, 0.15) is 24.0 Å². The molecule has 0 aromatic heterocycles. The highest BCUT2D eigenvalue weighted by molar-refractivity contribution is 9.10. The van der Waals surface area contributed by atoms with Crippen molar-refractivity contribution in [1.82, 2.24) is 0 Å². The molecule has 1 aliphatic rings. The van der Waals surface area contributed by atoms with Crippen LogP contribution in [-0.4, -0.2) is 18.4 Å². The van der Waals surface area contributed by atoms with E-state index in [4.69, 9.17) is 0 Å². The molecule has 5 heteroatoms. The third-order valence-electron chi connectivity index (χ3n) is 4.10. The van der Waals surface area contributed by atoms with Crippen molar-refractivity contribution in [3.8, 4) is 0 Å². The number of anilines is 2. The summed E-state index contributed by atoms with van der Waals surface area (Å²) in [7, 11) is 0. The van der Waals surface area contributed by atoms with Crippen molar-refractivity contribution in [1.29, 1.82) is 0 Å². The zero-order valence-corrected chi connectivity index (χ0v) is 15.1. The minimum absolute atomic E-state index is 0.0579. The van der Waals surface area contributed by atoms with E-state index in [1.54, 1.807) is 0 Å². The van der Waals surface area contributed by atoms with Gasteiger partial charge in [0.25, 0.3) is 0 Å². The Hall–Kier alpha value is -2.14. The van der Waals surface area contributed by atoms with Crippen LogP contribution in [0.25, 0.3) is 0 Å². The molecule has 0 unspecified atom stereocenters. The predicted octanol–water partition coefficient (Wildman–Crippen LogP) is 4.07. The molecule has 0 atom stereocenters. The van der Waals surface area contributed by atoms with Gasteiger partial charge in [-0.15, -0.1) is 0 Å². The van der Waals surface area contributed by atoms with Gasteiger partial charge in [-0.1, -0.05) is 28.1 Å². The van der Waals surface area contributed by atoms with E-state index in [0.29, 0.717) is 12.8 Å². The van der Waals surface area contributed by atoms with Crippen molar-refractivity contribution >= 4 is 39.1 Å². The van der Waals surface area contributed by atoms with Crippen molar-refractivity contribution in [2.75, 3.05) is 16.8 Å². The summed E-state index contributed by atoms with van der Waals surface area (Å²) < 4.78 is 0.961. The van der Waals surface area contributed by atoms with Gasteiger partial charge in [0.1, 0.15) is 0 Å². The molecule has 2 aromatic rings. The van der Waals surface area contributed by atoms with E-state index >= 15 is 0 Å². The molecule has 1 fully saturated rings. The number of aryl methyl sites for hydroxylation is 1. The molecule has 1 saturated heterocycles. The van der Waals surface area contributed by atoms with Crippen LogP contribution in [0.3, 0.4) is 0 Å². The Balaban J connectivity index is 1.68. The normalized spacial score (nSPS) is 14.1. The first-order chi connectivity index (χ1) is 11.5. The summed E-state index contributed by atoms with van der Waals surface area (Å²) in [5, 5.41) is 2.92. The molecule has 2 amide bonds. The Labute approximate surface area is 150 Å². The van der Waals surface area contributed by atoms with Gasteiger partial charge in [0.2, 0.25) is 11.8 Å². The van der Waals surface area contributed by atoms with Gasteiger partial charge in [-0.05, 0) is 54.8 Å². The molecule has 0 radical (unpaired) electrons. The monoisotopic (exact) mass is 386 g/mol. The topological polar surface area (TPSA) is 49.4 Å². The van der Waals surface area contributed by atoms with Gasteiger partial charge in [0.15, 0.2) is 0 Å². The Morgan fingerprint density at radius 1 is 1.25 bits per heavy atom. The molecule has 24 heavy (non-hydrogen) atoms. The largest absolute Gasteiger partial charge is 0.326 e. The molecule has 3 rings (SSSR count). The fourth-order valence-corrected chi connectivity index (χ4v) is 3.42. The van der Waals surface area contributed by atoms with Crippen molar-refractivity contribution in [3.63, 3.8) is 0 Å². The lowest BCUT2D eigenvalue weighted by atomic mass is 10.1. The Morgan fingerprint density at radius 3 is 2.75 bits per heavy atom. The average molecular weight is 387 g/mol. The number of halogens is 1. The van der Waals surface area contributed by atoms with E-state index in [1.807, 2.05) is 54.3 Å². The van der Waals surface area contributed by atoms with Crippen LogP contribution in [0.15, 0.2) is 46.9 Å². The Bertz CT molecular complexity index is 789. The number of rotatable bonds is 4. The lowest BCUT2D eigenvalue weighted by Crippen LogP contribution is -2.24. The summed E-state index contributed by atoms with van der Waals surface area (Å²) in [6, 6.07) is 13.4. The fraction of sp³-hybridized carbons (Fsp3) is 0.263. The number of benzene rings is 2. The third-order valence-corrected chi connectivity index (χ3v) is 4.59. The molecule has 0 spiro atoms. The molecule has 2 aromatic carbocycles. The zero-order valence-electron chi connectivity index (χ0n) is 13.5.